The van der Waals surface area contributed by atoms with Gasteiger partial charge in [-0.15, -0.1) is 0 Å². The van der Waals surface area contributed by atoms with Crippen LogP contribution < -0.4 is 0 Å². The number of halogens is 3. The normalized spacial score (nSPS) is 10.8. The van der Waals surface area contributed by atoms with Crippen molar-refractivity contribution in [3.05, 3.63) is 46.8 Å². The molecule has 83 valence electrons. The van der Waals surface area contributed by atoms with Crippen LogP contribution in [0.2, 0.25) is 0 Å². The zero-order valence-electron chi connectivity index (χ0n) is 8.34. The standard InChI is InChI=1S/C10H7BrF2N3/c1-5-14-6(2)16(15-5)9-4-7(12)3-8(11)10(9)13/h3-4H,2H2,1H3. The quantitative estimate of drug-likeness (QED) is 0.755. The fraction of sp³-hybridized carbons (Fsp3) is 0.100. The number of benzene rings is 1. The first kappa shape index (κ1) is 11.2. The van der Waals surface area contributed by atoms with E-state index in [0.717, 1.165) is 12.1 Å². The first-order valence-electron chi connectivity index (χ1n) is 4.39. The van der Waals surface area contributed by atoms with Crippen LogP contribution in [0.25, 0.3) is 5.69 Å². The van der Waals surface area contributed by atoms with Crippen LogP contribution in [-0.2, 0) is 0 Å². The molecule has 0 bridgehead atoms. The molecule has 2 aromatic rings. The number of rotatable bonds is 1. The molecule has 0 unspecified atom stereocenters. The van der Waals surface area contributed by atoms with Crippen LogP contribution in [0, 0.1) is 25.5 Å². The van der Waals surface area contributed by atoms with Gasteiger partial charge >= 0.3 is 0 Å². The molecular formula is C10H7BrF2N3. The summed E-state index contributed by atoms with van der Waals surface area (Å²) in [7, 11) is 0. The van der Waals surface area contributed by atoms with E-state index in [9.17, 15) is 8.78 Å². The van der Waals surface area contributed by atoms with Crippen LogP contribution >= 0.6 is 15.9 Å². The molecule has 6 heteroatoms. The minimum atomic E-state index is -0.601. The minimum absolute atomic E-state index is 0.0162. The lowest BCUT2D eigenvalue weighted by molar-refractivity contribution is 0.579. The molecule has 0 aliphatic rings. The van der Waals surface area contributed by atoms with Gasteiger partial charge in [0.25, 0.3) is 0 Å². The predicted octanol–water partition coefficient (Wildman–Crippen LogP) is 2.80. The highest BCUT2D eigenvalue weighted by Gasteiger charge is 2.14. The highest BCUT2D eigenvalue weighted by atomic mass is 79.9. The topological polar surface area (TPSA) is 30.7 Å². The van der Waals surface area contributed by atoms with Crippen molar-refractivity contribution in [2.75, 3.05) is 0 Å². The van der Waals surface area contributed by atoms with E-state index in [-0.39, 0.29) is 16.0 Å². The van der Waals surface area contributed by atoms with E-state index in [4.69, 9.17) is 0 Å². The predicted molar refractivity (Wildman–Crippen MR) is 58.2 cm³/mol. The largest absolute Gasteiger partial charge is 0.216 e. The fourth-order valence-corrected chi connectivity index (χ4v) is 1.77. The van der Waals surface area contributed by atoms with E-state index in [0.29, 0.717) is 5.82 Å². The summed E-state index contributed by atoms with van der Waals surface area (Å²) in [5.41, 5.74) is -0.0162. The Labute approximate surface area is 99.2 Å². The summed E-state index contributed by atoms with van der Waals surface area (Å²) < 4.78 is 28.1. The van der Waals surface area contributed by atoms with E-state index in [2.05, 4.69) is 32.9 Å². The van der Waals surface area contributed by atoms with Crippen LogP contribution in [0.15, 0.2) is 16.6 Å². The van der Waals surface area contributed by atoms with Gasteiger partial charge < -0.3 is 0 Å². The molecule has 1 aromatic heterocycles. The molecule has 0 aliphatic carbocycles. The molecule has 0 fully saturated rings. The van der Waals surface area contributed by atoms with Crippen molar-refractivity contribution in [2.45, 2.75) is 6.92 Å². The average molecular weight is 287 g/mol. The van der Waals surface area contributed by atoms with Crippen molar-refractivity contribution in [3.8, 4) is 5.69 Å². The zero-order chi connectivity index (χ0) is 11.9. The number of nitrogens with zero attached hydrogens (tertiary/aromatic N) is 3. The van der Waals surface area contributed by atoms with Gasteiger partial charge in [0.05, 0.1) is 4.47 Å². The lowest BCUT2D eigenvalue weighted by Crippen LogP contribution is -2.03. The Morgan fingerprint density at radius 1 is 1.38 bits per heavy atom. The highest BCUT2D eigenvalue weighted by molar-refractivity contribution is 9.10. The monoisotopic (exact) mass is 286 g/mol. The second-order valence-electron chi connectivity index (χ2n) is 3.21. The van der Waals surface area contributed by atoms with Crippen LogP contribution in [0.4, 0.5) is 8.78 Å². The van der Waals surface area contributed by atoms with Crippen molar-refractivity contribution in [2.24, 2.45) is 0 Å². The van der Waals surface area contributed by atoms with Crippen LogP contribution in [0.5, 0.6) is 0 Å². The van der Waals surface area contributed by atoms with Crippen LogP contribution in [0.1, 0.15) is 11.6 Å². The summed E-state index contributed by atoms with van der Waals surface area (Å²) in [6.07, 6.45) is 0. The highest BCUT2D eigenvalue weighted by Crippen LogP contribution is 2.23. The molecule has 0 spiro atoms. The second kappa shape index (κ2) is 3.93. The number of hydrogen-bond acceptors (Lipinski definition) is 2. The van der Waals surface area contributed by atoms with E-state index < -0.39 is 11.6 Å². The summed E-state index contributed by atoms with van der Waals surface area (Å²) in [5.74, 6) is -0.453. The third-order valence-electron chi connectivity index (χ3n) is 1.98. The number of hydrogen-bond donors (Lipinski definition) is 0. The van der Waals surface area contributed by atoms with Crippen molar-refractivity contribution < 1.29 is 8.78 Å². The van der Waals surface area contributed by atoms with Crippen LogP contribution in [0.3, 0.4) is 0 Å². The summed E-state index contributed by atoms with van der Waals surface area (Å²) in [4.78, 5) is 3.92. The maximum Gasteiger partial charge on any atom is 0.163 e. The third-order valence-corrected chi connectivity index (χ3v) is 2.56. The lowest BCUT2D eigenvalue weighted by atomic mass is 10.3. The van der Waals surface area contributed by atoms with E-state index >= 15 is 0 Å². The SMILES string of the molecule is [CH2]c1nc(C)nn1-c1cc(F)cc(Br)c1F. The first-order chi connectivity index (χ1) is 7.49. The van der Waals surface area contributed by atoms with Gasteiger partial charge in [-0.2, -0.15) is 5.10 Å². The van der Waals surface area contributed by atoms with Gasteiger partial charge in [-0.1, -0.05) is 0 Å². The molecule has 1 aromatic carbocycles. The molecule has 16 heavy (non-hydrogen) atoms. The number of aromatic nitrogens is 3. The zero-order valence-corrected chi connectivity index (χ0v) is 9.92. The Balaban J connectivity index is 2.68. The second-order valence-corrected chi connectivity index (χ2v) is 4.06. The fourth-order valence-electron chi connectivity index (χ4n) is 1.35. The third kappa shape index (κ3) is 1.84. The van der Waals surface area contributed by atoms with Gasteiger partial charge in [-0.3, -0.25) is 0 Å². The summed E-state index contributed by atoms with van der Waals surface area (Å²) >= 11 is 2.93. The lowest BCUT2D eigenvalue weighted by Gasteiger charge is -2.06. The number of aryl methyl sites for hydroxylation is 1. The van der Waals surface area contributed by atoms with Crippen molar-refractivity contribution in [1.82, 2.24) is 14.8 Å². The van der Waals surface area contributed by atoms with Gasteiger partial charge in [0.15, 0.2) is 5.82 Å². The van der Waals surface area contributed by atoms with Gasteiger partial charge in [0.1, 0.15) is 23.2 Å². The Hall–Kier alpha value is -1.30. The van der Waals surface area contributed by atoms with Gasteiger partial charge in [-0.25, -0.2) is 18.4 Å². The summed E-state index contributed by atoms with van der Waals surface area (Å²) in [6, 6.07) is 2.09. The van der Waals surface area contributed by atoms with Gasteiger partial charge in [0, 0.05) is 13.0 Å². The Kier molecular flexibility index (Phi) is 2.75. The summed E-state index contributed by atoms with van der Waals surface area (Å²) in [6.45, 7) is 5.25. The summed E-state index contributed by atoms with van der Waals surface area (Å²) in [5, 5.41) is 3.94. The van der Waals surface area contributed by atoms with Crippen molar-refractivity contribution in [3.63, 3.8) is 0 Å². The Bertz CT molecular complexity index is 551. The Morgan fingerprint density at radius 2 is 2.06 bits per heavy atom. The average Bonchev–Trinajstić information content (AvgIpc) is 2.51. The molecule has 3 nitrogen and oxygen atoms in total. The molecular weight excluding hydrogens is 280 g/mol. The first-order valence-corrected chi connectivity index (χ1v) is 5.19. The molecule has 2 rings (SSSR count). The van der Waals surface area contributed by atoms with E-state index in [1.54, 1.807) is 6.92 Å². The smallest absolute Gasteiger partial charge is 0.163 e. The van der Waals surface area contributed by atoms with E-state index in [1.807, 2.05) is 0 Å². The molecule has 0 N–H and O–H groups in total. The molecule has 0 aliphatic heterocycles. The molecule has 0 saturated carbocycles. The maximum atomic E-state index is 13.7. The van der Waals surface area contributed by atoms with Crippen molar-refractivity contribution >= 4 is 15.9 Å². The molecule has 1 heterocycles. The molecule has 0 atom stereocenters. The maximum absolute atomic E-state index is 13.7. The van der Waals surface area contributed by atoms with Crippen molar-refractivity contribution in [1.29, 1.82) is 0 Å². The molecule has 1 radical (unpaired) electrons. The van der Waals surface area contributed by atoms with Gasteiger partial charge in [0.2, 0.25) is 0 Å². The van der Waals surface area contributed by atoms with E-state index in [1.165, 1.54) is 4.68 Å². The van der Waals surface area contributed by atoms with Gasteiger partial charge in [-0.05, 0) is 28.9 Å². The molecule has 0 saturated heterocycles. The molecule has 0 amide bonds. The van der Waals surface area contributed by atoms with Crippen LogP contribution in [-0.4, -0.2) is 14.8 Å². The Morgan fingerprint density at radius 3 is 2.62 bits per heavy atom. The minimum Gasteiger partial charge on any atom is -0.216 e.